The number of carbonyl (C=O) groups excluding carboxylic acids is 4. The van der Waals surface area contributed by atoms with E-state index >= 15 is 0 Å². The molecule has 10 rings (SSSR count). The van der Waals surface area contributed by atoms with Crippen molar-refractivity contribution in [2.45, 2.75) is 76.3 Å². The Morgan fingerprint density at radius 1 is 0.667 bits per heavy atom. The summed E-state index contributed by atoms with van der Waals surface area (Å²) in [6, 6.07) is 24.5. The second-order valence-electron chi connectivity index (χ2n) is 18.0. The average molecular weight is 959 g/mol. The molecule has 0 saturated heterocycles. The predicted molar refractivity (Wildman–Crippen MR) is 256 cm³/mol. The highest BCUT2D eigenvalue weighted by molar-refractivity contribution is 6.28. The van der Waals surface area contributed by atoms with E-state index in [0.29, 0.717) is 40.0 Å². The highest BCUT2D eigenvalue weighted by atomic mass is 35.5. The molecule has 4 heterocycles. The fourth-order valence-electron chi connectivity index (χ4n) is 7.62. The standard InChI is InChI=1S/C25H24FN5O3.C14H11ClFN3O2.C11H14N2O/c1-25(2)18-12-16(8-11-20(18)31(3)23(25)33)29-24-27-13-19(26)22(30-24)34-17-9-4-14(5-10-17)21(32)28-15-6-7-15;15-14-17-7-11(16)13(19-14)21-10-5-1-8(2-6-10)12(20)18-9-3-4-9;1-11(2)8-6-7(12)4-5-9(8)13(3)10(11)14/h4-5,8-13,15H,6-7H2,1-3H3,(H,28,32)(H,27,29,30);1-2,5-7,9H,3-4H2,(H,18,20);4-6H,12H2,1-3H3. The van der Waals surface area contributed by atoms with Crippen LogP contribution in [0, 0.1) is 11.6 Å². The van der Waals surface area contributed by atoms with Gasteiger partial charge in [-0.25, -0.2) is 9.97 Å². The van der Waals surface area contributed by atoms with Crippen molar-refractivity contribution in [2.24, 2.45) is 0 Å². The van der Waals surface area contributed by atoms with Crippen molar-refractivity contribution < 1.29 is 37.4 Å². The Kier molecular flexibility index (Phi) is 13.2. The van der Waals surface area contributed by atoms with E-state index in [4.69, 9.17) is 26.8 Å². The van der Waals surface area contributed by atoms with E-state index in [1.807, 2.05) is 64.1 Å². The van der Waals surface area contributed by atoms with Crippen molar-refractivity contribution >= 4 is 63.9 Å². The lowest BCUT2D eigenvalue weighted by atomic mass is 9.86. The summed E-state index contributed by atoms with van der Waals surface area (Å²) in [7, 11) is 3.55. The third kappa shape index (κ3) is 10.7. The number of hydrogen-bond donors (Lipinski definition) is 4. The molecule has 0 bridgehead atoms. The smallest absolute Gasteiger partial charge is 0.260 e. The van der Waals surface area contributed by atoms with Crippen molar-refractivity contribution in [3.8, 4) is 23.3 Å². The molecule has 4 aliphatic rings. The molecule has 0 radical (unpaired) electrons. The Bertz CT molecular complexity index is 2970. The summed E-state index contributed by atoms with van der Waals surface area (Å²) in [5.74, 6) is -1.22. The van der Waals surface area contributed by atoms with E-state index in [9.17, 15) is 28.0 Å². The first kappa shape index (κ1) is 47.8. The number of carbonyl (C=O) groups is 4. The molecule has 356 valence electrons. The Morgan fingerprint density at radius 3 is 1.61 bits per heavy atom. The van der Waals surface area contributed by atoms with Crippen LogP contribution in [-0.2, 0) is 20.4 Å². The van der Waals surface area contributed by atoms with E-state index in [-0.39, 0.29) is 52.7 Å². The van der Waals surface area contributed by atoms with Crippen LogP contribution in [0.25, 0.3) is 0 Å². The number of nitrogens with two attached hydrogens (primary N) is 1. The van der Waals surface area contributed by atoms with Crippen LogP contribution in [0.4, 0.5) is 37.5 Å². The number of benzene rings is 4. The normalized spacial score (nSPS) is 16.0. The molecule has 0 spiro atoms. The summed E-state index contributed by atoms with van der Waals surface area (Å²) < 4.78 is 38.7. The highest BCUT2D eigenvalue weighted by Crippen LogP contribution is 2.43. The molecule has 6 aromatic rings. The summed E-state index contributed by atoms with van der Waals surface area (Å²) in [5, 5.41) is 8.74. The van der Waals surface area contributed by atoms with E-state index in [2.05, 4.69) is 35.9 Å². The van der Waals surface area contributed by atoms with Gasteiger partial charge in [0.15, 0.2) is 0 Å². The van der Waals surface area contributed by atoms with Gasteiger partial charge >= 0.3 is 0 Å². The maximum atomic E-state index is 14.3. The maximum absolute atomic E-state index is 14.3. The molecule has 4 amide bonds. The van der Waals surface area contributed by atoms with Crippen molar-refractivity contribution in [2.75, 3.05) is 34.9 Å². The quantitative estimate of drug-likeness (QED) is 0.0751. The van der Waals surface area contributed by atoms with Crippen molar-refractivity contribution in [3.05, 3.63) is 136 Å². The molecule has 4 aromatic carbocycles. The fraction of sp³-hybridized carbons (Fsp3) is 0.280. The minimum absolute atomic E-state index is 0.0180. The van der Waals surface area contributed by atoms with Crippen LogP contribution >= 0.6 is 11.6 Å². The van der Waals surface area contributed by atoms with Gasteiger partial charge < -0.3 is 41.0 Å². The molecular formula is C50H49ClF2N10O6. The van der Waals surface area contributed by atoms with Gasteiger partial charge in [0, 0.05) is 60.1 Å². The van der Waals surface area contributed by atoms with E-state index < -0.39 is 22.5 Å². The van der Waals surface area contributed by atoms with Gasteiger partial charge in [-0.05, 0) is 161 Å². The van der Waals surface area contributed by atoms with E-state index in [0.717, 1.165) is 60.6 Å². The molecule has 2 saturated carbocycles. The van der Waals surface area contributed by atoms with Crippen molar-refractivity contribution in [3.63, 3.8) is 0 Å². The number of nitrogens with one attached hydrogen (secondary N) is 3. The van der Waals surface area contributed by atoms with Gasteiger partial charge in [0.25, 0.3) is 23.6 Å². The molecule has 2 aromatic heterocycles. The third-order valence-corrected chi connectivity index (χ3v) is 12.1. The number of nitrogen functional groups attached to an aromatic ring is 1. The topological polar surface area (TPSA) is 207 Å². The van der Waals surface area contributed by atoms with E-state index in [1.54, 1.807) is 72.4 Å². The minimum Gasteiger partial charge on any atom is -0.436 e. The average Bonchev–Trinajstić information content (AvgIpc) is 4.28. The fourth-order valence-corrected chi connectivity index (χ4v) is 7.75. The Morgan fingerprint density at radius 2 is 1.12 bits per heavy atom. The molecule has 2 aliphatic heterocycles. The molecule has 69 heavy (non-hydrogen) atoms. The van der Waals surface area contributed by atoms with E-state index in [1.165, 1.54) is 0 Å². The molecule has 16 nitrogen and oxygen atoms in total. The summed E-state index contributed by atoms with van der Waals surface area (Å²) in [4.78, 5) is 67.0. The molecule has 5 N–H and O–H groups in total. The molecule has 2 aliphatic carbocycles. The van der Waals surface area contributed by atoms with Gasteiger partial charge in [-0.15, -0.1) is 0 Å². The van der Waals surface area contributed by atoms with Gasteiger partial charge in [-0.3, -0.25) is 19.2 Å². The monoisotopic (exact) mass is 958 g/mol. The predicted octanol–water partition coefficient (Wildman–Crippen LogP) is 8.77. The maximum Gasteiger partial charge on any atom is 0.260 e. The zero-order valence-corrected chi connectivity index (χ0v) is 39.3. The number of anilines is 5. The molecule has 0 atom stereocenters. The van der Waals surface area contributed by atoms with Crippen LogP contribution in [0.5, 0.6) is 23.3 Å². The zero-order chi connectivity index (χ0) is 49.4. The van der Waals surface area contributed by atoms with Crippen LogP contribution in [-0.4, -0.2) is 69.7 Å². The number of hydrogen-bond acceptors (Lipinski definition) is 12. The number of aromatic nitrogens is 4. The van der Waals surface area contributed by atoms with Crippen molar-refractivity contribution in [1.29, 1.82) is 0 Å². The first-order valence-corrected chi connectivity index (χ1v) is 22.4. The second-order valence-corrected chi connectivity index (χ2v) is 18.3. The van der Waals surface area contributed by atoms with Gasteiger partial charge in [0.2, 0.25) is 34.7 Å². The van der Waals surface area contributed by atoms with Crippen LogP contribution in [0.3, 0.4) is 0 Å². The van der Waals surface area contributed by atoms with Gasteiger partial charge in [-0.2, -0.15) is 18.7 Å². The molecule has 19 heteroatoms. The summed E-state index contributed by atoms with van der Waals surface area (Å²) in [5.41, 5.74) is 10.7. The van der Waals surface area contributed by atoms with Crippen LogP contribution in [0.1, 0.15) is 85.2 Å². The lowest BCUT2D eigenvalue weighted by molar-refractivity contribution is -0.122. The first-order chi connectivity index (χ1) is 32.8. The Hall–Kier alpha value is -7.73. The number of ether oxygens (including phenoxy) is 2. The summed E-state index contributed by atoms with van der Waals surface area (Å²) >= 11 is 5.58. The molecule has 2 fully saturated rings. The summed E-state index contributed by atoms with van der Waals surface area (Å²) in [6.45, 7) is 7.61. The second kappa shape index (κ2) is 19.1. The number of likely N-dealkylation sites (N-methyl/N-ethyl adjacent to an activating group) is 2. The van der Waals surface area contributed by atoms with Crippen LogP contribution in [0.2, 0.25) is 5.28 Å². The first-order valence-electron chi connectivity index (χ1n) is 22.0. The largest absolute Gasteiger partial charge is 0.436 e. The number of halogens is 3. The lowest BCUT2D eigenvalue weighted by Gasteiger charge is -2.17. The third-order valence-electron chi connectivity index (χ3n) is 11.9. The van der Waals surface area contributed by atoms with Crippen molar-refractivity contribution in [1.82, 2.24) is 30.6 Å². The molecule has 0 unspecified atom stereocenters. The number of amides is 4. The summed E-state index contributed by atoms with van der Waals surface area (Å²) in [6.07, 6.45) is 6.03. The van der Waals surface area contributed by atoms with Gasteiger partial charge in [0.1, 0.15) is 11.5 Å². The minimum atomic E-state index is -0.719. The SMILES string of the molecule is CN1C(=O)C(C)(C)c2cc(N)ccc21.CN1C(=O)C(C)(C)c2cc(Nc3ncc(F)c(Oc4ccc(C(=O)NC5CC5)cc4)n3)ccc21.O=C(NC1CC1)c1ccc(Oc2nc(Cl)ncc2F)cc1. The number of fused-ring (bicyclic) bond motifs is 2. The Balaban J connectivity index is 0.000000155. The number of rotatable bonds is 10. The Labute approximate surface area is 401 Å². The number of nitrogens with zero attached hydrogens (tertiary/aromatic N) is 6. The van der Waals surface area contributed by atoms with Crippen LogP contribution in [0.15, 0.2) is 97.3 Å². The lowest BCUT2D eigenvalue weighted by Crippen LogP contribution is -2.33. The van der Waals surface area contributed by atoms with Gasteiger partial charge in [-0.1, -0.05) is 0 Å². The molecular weight excluding hydrogens is 910 g/mol. The zero-order valence-electron chi connectivity index (χ0n) is 38.6. The highest BCUT2D eigenvalue weighted by Gasteiger charge is 2.43. The van der Waals surface area contributed by atoms with Gasteiger partial charge in [0.05, 0.1) is 23.2 Å². The van der Waals surface area contributed by atoms with Crippen LogP contribution < -0.4 is 41.0 Å².